The molecule has 2 aliphatic heterocycles. The van der Waals surface area contributed by atoms with E-state index in [1.54, 1.807) is 18.7 Å². The molecule has 0 N–H and O–H groups in total. The molecule has 0 spiro atoms. The molecule has 2 saturated heterocycles. The number of carbonyl (C=O) groups is 1. The van der Waals surface area contributed by atoms with E-state index in [0.29, 0.717) is 6.54 Å². The topological polar surface area (TPSA) is 58.8 Å². The zero-order valence-electron chi connectivity index (χ0n) is 12.8. The van der Waals surface area contributed by atoms with E-state index in [1.807, 2.05) is 29.3 Å². The van der Waals surface area contributed by atoms with Crippen LogP contribution in [-0.2, 0) is 22.6 Å². The maximum absolute atomic E-state index is 12.3. The molecule has 0 aromatic carbocycles. The van der Waals surface area contributed by atoms with E-state index < -0.39 is 0 Å². The molecule has 0 bridgehead atoms. The fourth-order valence-electron chi connectivity index (χ4n) is 3.41. The summed E-state index contributed by atoms with van der Waals surface area (Å²) in [5.74, 6) is 0.0558. The Hall–Kier alpha value is -2.18. The van der Waals surface area contributed by atoms with Gasteiger partial charge in [-0.05, 0) is 17.7 Å². The second kappa shape index (κ2) is 6.14. The predicted octanol–water partition coefficient (Wildman–Crippen LogP) is 1.29. The van der Waals surface area contributed by atoms with Crippen LogP contribution in [0.15, 0.2) is 47.5 Å². The predicted molar refractivity (Wildman–Crippen MR) is 82.3 cm³/mol. The van der Waals surface area contributed by atoms with E-state index in [4.69, 9.17) is 9.15 Å². The van der Waals surface area contributed by atoms with Gasteiger partial charge in [0.25, 0.3) is 0 Å². The van der Waals surface area contributed by atoms with Gasteiger partial charge in [-0.15, -0.1) is 0 Å². The maximum Gasteiger partial charge on any atom is 0.249 e. The number of hydrogen-bond acceptors (Lipinski definition) is 5. The normalized spacial score (nSPS) is 24.9. The van der Waals surface area contributed by atoms with Gasteiger partial charge in [0, 0.05) is 44.1 Å². The number of nitrogens with zero attached hydrogens (tertiary/aromatic N) is 3. The summed E-state index contributed by atoms with van der Waals surface area (Å²) >= 11 is 0. The fraction of sp³-hybridized carbons (Fsp3) is 0.412. The first-order valence-electron chi connectivity index (χ1n) is 7.83. The lowest BCUT2D eigenvalue weighted by Crippen LogP contribution is -2.53. The maximum atomic E-state index is 12.3. The lowest BCUT2D eigenvalue weighted by Gasteiger charge is -2.36. The number of morpholine rings is 1. The van der Waals surface area contributed by atoms with Gasteiger partial charge in [0.15, 0.2) is 0 Å². The van der Waals surface area contributed by atoms with Crippen LogP contribution >= 0.6 is 0 Å². The number of ether oxygens (including phenoxy) is 1. The molecule has 0 radical (unpaired) electrons. The van der Waals surface area contributed by atoms with Crippen molar-refractivity contribution in [2.45, 2.75) is 25.2 Å². The summed E-state index contributed by atoms with van der Waals surface area (Å²) in [6.45, 7) is 3.24. The highest BCUT2D eigenvalue weighted by atomic mass is 16.5. The van der Waals surface area contributed by atoms with E-state index in [-0.39, 0.29) is 24.7 Å². The Morgan fingerprint density at radius 2 is 2.17 bits per heavy atom. The number of rotatable bonds is 4. The fourth-order valence-corrected chi connectivity index (χ4v) is 3.41. The van der Waals surface area contributed by atoms with Crippen molar-refractivity contribution in [3.05, 3.63) is 54.2 Å². The van der Waals surface area contributed by atoms with Crippen LogP contribution in [0.4, 0.5) is 0 Å². The van der Waals surface area contributed by atoms with Crippen LogP contribution in [0.2, 0.25) is 0 Å². The van der Waals surface area contributed by atoms with Crippen molar-refractivity contribution in [3.63, 3.8) is 0 Å². The summed E-state index contributed by atoms with van der Waals surface area (Å²) in [5, 5.41) is 0. The van der Waals surface area contributed by atoms with Crippen LogP contribution in [0.5, 0.6) is 0 Å². The van der Waals surface area contributed by atoms with Crippen LogP contribution in [0, 0.1) is 0 Å². The van der Waals surface area contributed by atoms with Crippen molar-refractivity contribution in [1.29, 1.82) is 0 Å². The van der Waals surface area contributed by atoms with Gasteiger partial charge in [0.1, 0.15) is 6.61 Å². The smallest absolute Gasteiger partial charge is 0.249 e. The molecule has 2 aliphatic rings. The van der Waals surface area contributed by atoms with Gasteiger partial charge in [0.2, 0.25) is 5.91 Å². The van der Waals surface area contributed by atoms with E-state index in [9.17, 15) is 4.79 Å². The Labute approximate surface area is 134 Å². The highest BCUT2D eigenvalue weighted by Gasteiger charge is 2.43. The second-order valence-corrected chi connectivity index (χ2v) is 6.13. The van der Waals surface area contributed by atoms with Gasteiger partial charge in [-0.1, -0.05) is 6.07 Å². The van der Waals surface area contributed by atoms with Gasteiger partial charge in [0.05, 0.1) is 24.7 Å². The first-order chi connectivity index (χ1) is 11.3. The molecule has 120 valence electrons. The van der Waals surface area contributed by atoms with Crippen molar-refractivity contribution in [1.82, 2.24) is 14.8 Å². The zero-order chi connectivity index (χ0) is 15.6. The minimum Gasteiger partial charge on any atom is -0.472 e. The van der Waals surface area contributed by atoms with Crippen LogP contribution in [0.3, 0.4) is 0 Å². The first kappa shape index (κ1) is 14.4. The minimum atomic E-state index is 0.0558. The number of carbonyl (C=O) groups excluding carboxylic acids is 1. The van der Waals surface area contributed by atoms with Crippen molar-refractivity contribution in [3.8, 4) is 0 Å². The molecule has 0 aliphatic carbocycles. The van der Waals surface area contributed by atoms with E-state index in [1.165, 1.54) is 0 Å². The number of fused-ring (bicyclic) bond motifs is 1. The molecular formula is C17H19N3O3. The number of hydrogen-bond donors (Lipinski definition) is 0. The Bertz CT molecular complexity index is 659. The third-order valence-corrected chi connectivity index (χ3v) is 4.52. The standard InChI is InChI=1S/C17H19N3O3/c21-17-12-23-16-10-19(7-14-3-5-22-11-14)9-15(16)20(17)8-13-2-1-4-18-6-13/h1-6,11,15-16H,7-10,12H2/t15-,16-/m1/s1. The van der Waals surface area contributed by atoms with E-state index in [0.717, 1.165) is 30.8 Å². The average molecular weight is 313 g/mol. The number of likely N-dealkylation sites (tertiary alicyclic amines) is 1. The van der Waals surface area contributed by atoms with Gasteiger partial charge < -0.3 is 14.1 Å². The summed E-state index contributed by atoms with van der Waals surface area (Å²) in [6, 6.07) is 5.98. The van der Waals surface area contributed by atoms with Crippen LogP contribution in [-0.4, -0.2) is 52.5 Å². The molecule has 0 unspecified atom stereocenters. The highest BCUT2D eigenvalue weighted by molar-refractivity contribution is 5.78. The Morgan fingerprint density at radius 3 is 2.96 bits per heavy atom. The quantitative estimate of drug-likeness (QED) is 0.851. The molecule has 4 rings (SSSR count). The molecule has 23 heavy (non-hydrogen) atoms. The minimum absolute atomic E-state index is 0.0558. The lowest BCUT2D eigenvalue weighted by atomic mass is 10.1. The van der Waals surface area contributed by atoms with Gasteiger partial charge in [-0.3, -0.25) is 14.7 Å². The van der Waals surface area contributed by atoms with Crippen molar-refractivity contribution < 1.29 is 13.9 Å². The third-order valence-electron chi connectivity index (χ3n) is 4.52. The van der Waals surface area contributed by atoms with Gasteiger partial charge >= 0.3 is 0 Å². The highest BCUT2D eigenvalue weighted by Crippen LogP contribution is 2.26. The number of amides is 1. The monoisotopic (exact) mass is 313 g/mol. The molecule has 2 atom stereocenters. The van der Waals surface area contributed by atoms with Crippen molar-refractivity contribution in [2.75, 3.05) is 19.7 Å². The average Bonchev–Trinajstić information content (AvgIpc) is 3.21. The molecule has 2 aromatic rings. The van der Waals surface area contributed by atoms with E-state index in [2.05, 4.69) is 9.88 Å². The van der Waals surface area contributed by atoms with Crippen LogP contribution in [0.1, 0.15) is 11.1 Å². The Balaban J connectivity index is 1.47. The summed E-state index contributed by atoms with van der Waals surface area (Å²) in [5.41, 5.74) is 2.20. The SMILES string of the molecule is O=C1CO[C@@H]2CN(Cc3ccoc3)C[C@H]2N1Cc1cccnc1. The molecule has 0 saturated carbocycles. The van der Waals surface area contributed by atoms with Crippen molar-refractivity contribution in [2.24, 2.45) is 0 Å². The second-order valence-electron chi connectivity index (χ2n) is 6.13. The van der Waals surface area contributed by atoms with Crippen molar-refractivity contribution >= 4 is 5.91 Å². The van der Waals surface area contributed by atoms with Crippen LogP contribution in [0.25, 0.3) is 0 Å². The van der Waals surface area contributed by atoms with Crippen LogP contribution < -0.4 is 0 Å². The Morgan fingerprint density at radius 1 is 1.22 bits per heavy atom. The van der Waals surface area contributed by atoms with Gasteiger partial charge in [-0.25, -0.2) is 0 Å². The molecule has 6 heteroatoms. The Kier molecular flexibility index (Phi) is 3.85. The molecule has 6 nitrogen and oxygen atoms in total. The molecule has 1 amide bonds. The van der Waals surface area contributed by atoms with Gasteiger partial charge in [-0.2, -0.15) is 0 Å². The largest absolute Gasteiger partial charge is 0.472 e. The zero-order valence-corrected chi connectivity index (χ0v) is 12.8. The number of aromatic nitrogens is 1. The number of furan rings is 1. The molecular weight excluding hydrogens is 294 g/mol. The lowest BCUT2D eigenvalue weighted by molar-refractivity contribution is -0.153. The molecule has 2 aromatic heterocycles. The summed E-state index contributed by atoms with van der Waals surface area (Å²) < 4.78 is 10.9. The third kappa shape index (κ3) is 3.00. The summed E-state index contributed by atoms with van der Waals surface area (Å²) in [7, 11) is 0. The summed E-state index contributed by atoms with van der Waals surface area (Å²) in [4.78, 5) is 20.7. The molecule has 2 fully saturated rings. The van der Waals surface area contributed by atoms with E-state index >= 15 is 0 Å². The first-order valence-corrected chi connectivity index (χ1v) is 7.83. The number of pyridine rings is 1. The molecule has 4 heterocycles. The summed E-state index contributed by atoms with van der Waals surface area (Å²) in [6.07, 6.45) is 7.09.